The van der Waals surface area contributed by atoms with E-state index in [1.54, 1.807) is 0 Å². The number of rotatable bonds is 4. The highest BCUT2D eigenvalue weighted by atomic mass is 15.0. The van der Waals surface area contributed by atoms with Crippen LogP contribution in [0.25, 0.3) is 0 Å². The summed E-state index contributed by atoms with van der Waals surface area (Å²) in [5.41, 5.74) is 1.19. The SMILES string of the molecule is CCCc1cc(NC)nc(C2CCCCC2)n1. The van der Waals surface area contributed by atoms with Gasteiger partial charge in [0.1, 0.15) is 11.6 Å². The topological polar surface area (TPSA) is 37.8 Å². The van der Waals surface area contributed by atoms with E-state index in [0.29, 0.717) is 5.92 Å². The summed E-state index contributed by atoms with van der Waals surface area (Å²) >= 11 is 0. The maximum absolute atomic E-state index is 4.74. The molecule has 0 atom stereocenters. The lowest BCUT2D eigenvalue weighted by molar-refractivity contribution is 0.428. The average molecular weight is 233 g/mol. The van der Waals surface area contributed by atoms with Gasteiger partial charge in [0.05, 0.1) is 0 Å². The van der Waals surface area contributed by atoms with E-state index in [9.17, 15) is 0 Å². The van der Waals surface area contributed by atoms with Crippen LogP contribution in [-0.4, -0.2) is 17.0 Å². The zero-order valence-corrected chi connectivity index (χ0v) is 11.0. The van der Waals surface area contributed by atoms with Crippen molar-refractivity contribution in [3.05, 3.63) is 17.6 Å². The molecule has 1 aromatic heterocycles. The zero-order chi connectivity index (χ0) is 12.1. The first-order chi connectivity index (χ1) is 8.33. The molecule has 0 aromatic carbocycles. The zero-order valence-electron chi connectivity index (χ0n) is 11.0. The smallest absolute Gasteiger partial charge is 0.134 e. The Morgan fingerprint density at radius 3 is 2.65 bits per heavy atom. The van der Waals surface area contributed by atoms with Crippen molar-refractivity contribution in [2.45, 2.75) is 57.8 Å². The Kier molecular flexibility index (Phi) is 4.35. The first-order valence-electron chi connectivity index (χ1n) is 6.89. The molecule has 0 amide bonds. The number of nitrogens with zero attached hydrogens (tertiary/aromatic N) is 2. The first kappa shape index (κ1) is 12.3. The fourth-order valence-electron chi connectivity index (χ4n) is 2.57. The van der Waals surface area contributed by atoms with Crippen molar-refractivity contribution in [3.63, 3.8) is 0 Å². The van der Waals surface area contributed by atoms with Crippen molar-refractivity contribution in [2.24, 2.45) is 0 Å². The molecule has 1 N–H and O–H groups in total. The molecule has 1 fully saturated rings. The van der Waals surface area contributed by atoms with Crippen molar-refractivity contribution in [2.75, 3.05) is 12.4 Å². The largest absolute Gasteiger partial charge is 0.373 e. The second kappa shape index (κ2) is 5.99. The number of hydrogen-bond acceptors (Lipinski definition) is 3. The molecule has 1 aliphatic rings. The van der Waals surface area contributed by atoms with Crippen molar-refractivity contribution in [3.8, 4) is 0 Å². The van der Waals surface area contributed by atoms with E-state index in [4.69, 9.17) is 4.98 Å². The van der Waals surface area contributed by atoms with Gasteiger partial charge in [0, 0.05) is 24.7 Å². The summed E-state index contributed by atoms with van der Waals surface area (Å²) in [5.74, 6) is 2.64. The Bertz CT molecular complexity index is 356. The molecule has 0 spiro atoms. The summed E-state index contributed by atoms with van der Waals surface area (Å²) in [5, 5.41) is 3.15. The van der Waals surface area contributed by atoms with Crippen LogP contribution in [0, 0.1) is 0 Å². The molecule has 3 nitrogen and oxygen atoms in total. The third-order valence-corrected chi connectivity index (χ3v) is 3.53. The van der Waals surface area contributed by atoms with E-state index < -0.39 is 0 Å². The quantitative estimate of drug-likeness (QED) is 0.864. The Labute approximate surface area is 104 Å². The van der Waals surface area contributed by atoms with Gasteiger partial charge in [-0.2, -0.15) is 0 Å². The summed E-state index contributed by atoms with van der Waals surface area (Å²) in [6, 6.07) is 2.08. The molecule has 1 aromatic rings. The van der Waals surface area contributed by atoms with E-state index in [1.807, 2.05) is 7.05 Å². The van der Waals surface area contributed by atoms with E-state index in [-0.39, 0.29) is 0 Å². The molecule has 94 valence electrons. The monoisotopic (exact) mass is 233 g/mol. The number of anilines is 1. The second-order valence-corrected chi connectivity index (χ2v) is 4.94. The normalized spacial score (nSPS) is 17.1. The second-order valence-electron chi connectivity index (χ2n) is 4.94. The molecule has 3 heteroatoms. The van der Waals surface area contributed by atoms with Gasteiger partial charge in [0.2, 0.25) is 0 Å². The third kappa shape index (κ3) is 3.18. The van der Waals surface area contributed by atoms with Gasteiger partial charge in [-0.25, -0.2) is 9.97 Å². The maximum Gasteiger partial charge on any atom is 0.134 e. The predicted octanol–water partition coefficient (Wildman–Crippen LogP) is 3.52. The van der Waals surface area contributed by atoms with E-state index >= 15 is 0 Å². The lowest BCUT2D eigenvalue weighted by Gasteiger charge is -2.21. The fourth-order valence-corrected chi connectivity index (χ4v) is 2.57. The summed E-state index contributed by atoms with van der Waals surface area (Å²) < 4.78 is 0. The van der Waals surface area contributed by atoms with Gasteiger partial charge in [-0.15, -0.1) is 0 Å². The molecule has 0 bridgehead atoms. The minimum absolute atomic E-state index is 0.590. The molecular weight excluding hydrogens is 210 g/mol. The Morgan fingerprint density at radius 1 is 1.24 bits per heavy atom. The minimum atomic E-state index is 0.590. The van der Waals surface area contributed by atoms with Crippen LogP contribution in [0.4, 0.5) is 5.82 Å². The van der Waals surface area contributed by atoms with Crippen LogP contribution in [-0.2, 0) is 6.42 Å². The molecule has 1 heterocycles. The van der Waals surface area contributed by atoms with Crippen LogP contribution in [0.2, 0.25) is 0 Å². The molecule has 1 aliphatic carbocycles. The molecule has 0 unspecified atom stereocenters. The molecule has 17 heavy (non-hydrogen) atoms. The number of hydrogen-bond donors (Lipinski definition) is 1. The van der Waals surface area contributed by atoms with E-state index in [0.717, 1.165) is 24.5 Å². The van der Waals surface area contributed by atoms with E-state index in [1.165, 1.54) is 37.8 Å². The lowest BCUT2D eigenvalue weighted by Crippen LogP contribution is -2.11. The Balaban J connectivity index is 2.21. The molecule has 1 saturated carbocycles. The maximum atomic E-state index is 4.74. The Hall–Kier alpha value is -1.12. The molecular formula is C14H23N3. The van der Waals surface area contributed by atoms with Crippen molar-refractivity contribution >= 4 is 5.82 Å². The molecule has 0 saturated heterocycles. The molecule has 2 rings (SSSR count). The Morgan fingerprint density at radius 2 is 2.00 bits per heavy atom. The summed E-state index contributed by atoms with van der Waals surface area (Å²) in [7, 11) is 1.93. The highest BCUT2D eigenvalue weighted by molar-refractivity contribution is 5.35. The third-order valence-electron chi connectivity index (χ3n) is 3.53. The summed E-state index contributed by atoms with van der Waals surface area (Å²) in [6.07, 6.45) is 8.77. The molecule has 0 radical (unpaired) electrons. The minimum Gasteiger partial charge on any atom is -0.373 e. The van der Waals surface area contributed by atoms with Crippen molar-refractivity contribution < 1.29 is 0 Å². The van der Waals surface area contributed by atoms with Gasteiger partial charge in [0.15, 0.2) is 0 Å². The van der Waals surface area contributed by atoms with Crippen LogP contribution < -0.4 is 5.32 Å². The average Bonchev–Trinajstić information content (AvgIpc) is 2.40. The van der Waals surface area contributed by atoms with Gasteiger partial charge in [-0.3, -0.25) is 0 Å². The highest BCUT2D eigenvalue weighted by Crippen LogP contribution is 2.31. The predicted molar refractivity (Wildman–Crippen MR) is 71.4 cm³/mol. The number of aryl methyl sites for hydroxylation is 1. The fraction of sp³-hybridized carbons (Fsp3) is 0.714. The van der Waals surface area contributed by atoms with Gasteiger partial charge in [-0.1, -0.05) is 32.6 Å². The van der Waals surface area contributed by atoms with Crippen molar-refractivity contribution in [1.82, 2.24) is 9.97 Å². The van der Waals surface area contributed by atoms with Crippen LogP contribution in [0.15, 0.2) is 6.07 Å². The summed E-state index contributed by atoms with van der Waals surface area (Å²) in [4.78, 5) is 9.38. The number of aromatic nitrogens is 2. The lowest BCUT2D eigenvalue weighted by atomic mass is 9.88. The highest BCUT2D eigenvalue weighted by Gasteiger charge is 2.19. The van der Waals surface area contributed by atoms with Gasteiger partial charge >= 0.3 is 0 Å². The van der Waals surface area contributed by atoms with Gasteiger partial charge in [0.25, 0.3) is 0 Å². The van der Waals surface area contributed by atoms with Crippen LogP contribution in [0.1, 0.15) is 62.9 Å². The van der Waals surface area contributed by atoms with Crippen molar-refractivity contribution in [1.29, 1.82) is 0 Å². The van der Waals surface area contributed by atoms with E-state index in [2.05, 4.69) is 23.3 Å². The van der Waals surface area contributed by atoms with Crippen LogP contribution in [0.5, 0.6) is 0 Å². The van der Waals surface area contributed by atoms with Crippen LogP contribution >= 0.6 is 0 Å². The standard InChI is InChI=1S/C14H23N3/c1-3-7-12-10-13(15-2)17-14(16-12)11-8-5-4-6-9-11/h10-11H,3-9H2,1-2H3,(H,15,16,17). The first-order valence-corrected chi connectivity index (χ1v) is 6.89. The molecule has 0 aliphatic heterocycles. The summed E-state index contributed by atoms with van der Waals surface area (Å²) in [6.45, 7) is 2.20. The van der Waals surface area contributed by atoms with Gasteiger partial charge < -0.3 is 5.32 Å². The van der Waals surface area contributed by atoms with Gasteiger partial charge in [-0.05, 0) is 19.3 Å². The van der Waals surface area contributed by atoms with Crippen LogP contribution in [0.3, 0.4) is 0 Å². The number of nitrogens with one attached hydrogen (secondary N) is 1.